The van der Waals surface area contributed by atoms with Crippen molar-refractivity contribution in [3.63, 3.8) is 0 Å². The van der Waals surface area contributed by atoms with Crippen LogP contribution in [0.2, 0.25) is 0 Å². The number of hydrogen-bond acceptors (Lipinski definition) is 4. The summed E-state index contributed by atoms with van der Waals surface area (Å²) in [5.41, 5.74) is 3.32. The number of aryl methyl sites for hydroxylation is 1. The summed E-state index contributed by atoms with van der Waals surface area (Å²) < 4.78 is 6.91. The van der Waals surface area contributed by atoms with E-state index in [0.717, 1.165) is 6.42 Å². The van der Waals surface area contributed by atoms with Crippen molar-refractivity contribution in [3.05, 3.63) is 74.3 Å². The summed E-state index contributed by atoms with van der Waals surface area (Å²) in [5.74, 6) is -0.177. The van der Waals surface area contributed by atoms with Crippen LogP contribution in [0, 0.1) is 11.7 Å². The van der Waals surface area contributed by atoms with E-state index in [2.05, 4.69) is 29.4 Å². The summed E-state index contributed by atoms with van der Waals surface area (Å²) in [6.45, 7) is 3.64. The number of nitrogens with one attached hydrogen (secondary N) is 2. The summed E-state index contributed by atoms with van der Waals surface area (Å²) >= 11 is 5.33. The van der Waals surface area contributed by atoms with Gasteiger partial charge in [0, 0.05) is 32.4 Å². The Kier molecular flexibility index (Phi) is 6.95. The number of aromatic amines is 1. The van der Waals surface area contributed by atoms with Crippen LogP contribution in [-0.4, -0.2) is 35.7 Å². The highest BCUT2D eigenvalue weighted by Crippen LogP contribution is 2.12. The molecule has 0 saturated heterocycles. The van der Waals surface area contributed by atoms with Gasteiger partial charge in [0.25, 0.3) is 11.5 Å². The van der Waals surface area contributed by atoms with Crippen molar-refractivity contribution in [1.29, 1.82) is 0 Å². The topological polar surface area (TPSA) is 76.1 Å². The van der Waals surface area contributed by atoms with Crippen LogP contribution in [0.5, 0.6) is 0 Å². The van der Waals surface area contributed by atoms with Crippen LogP contribution in [0.1, 0.15) is 27.9 Å². The number of nitrogens with zero attached hydrogens (tertiary/aromatic N) is 1. The molecule has 0 unspecified atom stereocenters. The number of aromatic nitrogens is 2. The Labute approximate surface area is 174 Å². The lowest BCUT2D eigenvalue weighted by Crippen LogP contribution is -2.26. The van der Waals surface area contributed by atoms with Crippen molar-refractivity contribution in [2.45, 2.75) is 26.3 Å². The molecule has 0 bridgehead atoms. The lowest BCUT2D eigenvalue weighted by Gasteiger charge is -2.10. The second kappa shape index (κ2) is 9.62. The third kappa shape index (κ3) is 4.99. The van der Waals surface area contributed by atoms with Gasteiger partial charge in [-0.05, 0) is 61.3 Å². The maximum Gasteiger partial charge on any atom is 0.262 e. The molecule has 0 radical (unpaired) electrons. The minimum atomic E-state index is -0.177. The largest absolute Gasteiger partial charge is 0.385 e. The molecule has 3 aromatic rings. The molecule has 7 heteroatoms. The number of carbonyl (C=O) groups is 1. The number of fused-ring (bicyclic) bond motifs is 1. The number of benzene rings is 2. The van der Waals surface area contributed by atoms with Crippen LogP contribution >= 0.6 is 12.2 Å². The highest BCUT2D eigenvalue weighted by atomic mass is 32.1. The van der Waals surface area contributed by atoms with Crippen LogP contribution in [0.25, 0.3) is 10.9 Å². The van der Waals surface area contributed by atoms with E-state index in [1.165, 1.54) is 15.7 Å². The molecule has 0 aliphatic carbocycles. The smallest absolute Gasteiger partial charge is 0.262 e. The summed E-state index contributed by atoms with van der Waals surface area (Å²) in [5, 5.41) is 3.45. The van der Waals surface area contributed by atoms with Gasteiger partial charge in [-0.15, -0.1) is 0 Å². The second-order valence-corrected chi connectivity index (χ2v) is 7.31. The molecule has 0 spiro atoms. The van der Waals surface area contributed by atoms with Crippen molar-refractivity contribution >= 4 is 29.0 Å². The molecule has 3 rings (SSSR count). The van der Waals surface area contributed by atoms with E-state index in [4.69, 9.17) is 17.0 Å². The first-order chi connectivity index (χ1) is 14.0. The molecule has 2 N–H and O–H groups in total. The first-order valence-electron chi connectivity index (χ1n) is 9.60. The number of hydrogen-bond donors (Lipinski definition) is 2. The lowest BCUT2D eigenvalue weighted by atomic mass is 10.1. The summed E-state index contributed by atoms with van der Waals surface area (Å²) in [7, 11) is 1.62. The fraction of sp³-hybridized carbons (Fsp3) is 0.318. The van der Waals surface area contributed by atoms with Gasteiger partial charge in [0.15, 0.2) is 4.77 Å². The summed E-state index contributed by atoms with van der Waals surface area (Å²) in [4.78, 5) is 28.3. The number of rotatable bonds is 8. The molecule has 1 amide bonds. The average Bonchev–Trinajstić information content (AvgIpc) is 2.71. The number of amides is 1. The highest BCUT2D eigenvalue weighted by molar-refractivity contribution is 7.71. The normalized spacial score (nSPS) is 11.0. The number of carbonyl (C=O) groups excluding carboxylic acids is 1. The molecule has 29 heavy (non-hydrogen) atoms. The van der Waals surface area contributed by atoms with Gasteiger partial charge in [0.2, 0.25) is 0 Å². The van der Waals surface area contributed by atoms with Gasteiger partial charge >= 0.3 is 0 Å². The van der Waals surface area contributed by atoms with Gasteiger partial charge in [-0.25, -0.2) is 0 Å². The van der Waals surface area contributed by atoms with Crippen LogP contribution in [0.3, 0.4) is 0 Å². The van der Waals surface area contributed by atoms with E-state index in [-0.39, 0.29) is 11.5 Å². The maximum absolute atomic E-state index is 12.7. The number of H-pyrrole nitrogens is 1. The Balaban J connectivity index is 1.74. The quantitative estimate of drug-likeness (QED) is 0.440. The molecule has 0 fully saturated rings. The van der Waals surface area contributed by atoms with Crippen LogP contribution in [0.15, 0.2) is 47.3 Å². The molecular formula is C22H25N3O3S. The molecule has 0 saturated carbocycles. The van der Waals surface area contributed by atoms with Crippen LogP contribution in [-0.2, 0) is 17.7 Å². The molecule has 0 atom stereocenters. The van der Waals surface area contributed by atoms with Gasteiger partial charge in [0.05, 0.1) is 10.9 Å². The third-order valence-corrected chi connectivity index (χ3v) is 5.24. The lowest BCUT2D eigenvalue weighted by molar-refractivity contribution is 0.0954. The molecule has 6 nitrogen and oxygen atoms in total. The molecule has 0 aliphatic heterocycles. The van der Waals surface area contributed by atoms with E-state index in [1.54, 1.807) is 25.3 Å². The highest BCUT2D eigenvalue weighted by Gasteiger charge is 2.10. The number of ether oxygens (including phenoxy) is 1. The van der Waals surface area contributed by atoms with E-state index in [0.29, 0.717) is 47.4 Å². The Morgan fingerprint density at radius 1 is 1.24 bits per heavy atom. The Hall–Kier alpha value is -2.77. The molecular weight excluding hydrogens is 386 g/mol. The molecule has 152 valence electrons. The fourth-order valence-electron chi connectivity index (χ4n) is 3.27. The van der Waals surface area contributed by atoms with E-state index in [1.807, 2.05) is 12.1 Å². The Morgan fingerprint density at radius 3 is 2.79 bits per heavy atom. The maximum atomic E-state index is 12.7. The van der Waals surface area contributed by atoms with Crippen LogP contribution in [0.4, 0.5) is 0 Å². The zero-order valence-electron chi connectivity index (χ0n) is 16.7. The fourth-order valence-corrected chi connectivity index (χ4v) is 3.55. The van der Waals surface area contributed by atoms with Gasteiger partial charge < -0.3 is 15.0 Å². The first-order valence-corrected chi connectivity index (χ1v) is 10.0. The van der Waals surface area contributed by atoms with Crippen LogP contribution < -0.4 is 10.9 Å². The molecule has 1 heterocycles. The average molecular weight is 412 g/mol. The molecule has 1 aromatic heterocycles. The second-order valence-electron chi connectivity index (χ2n) is 6.93. The van der Waals surface area contributed by atoms with Crippen molar-refractivity contribution in [3.8, 4) is 0 Å². The third-order valence-electron chi connectivity index (χ3n) is 4.92. The van der Waals surface area contributed by atoms with Crippen molar-refractivity contribution < 1.29 is 9.53 Å². The first kappa shape index (κ1) is 21.0. The summed E-state index contributed by atoms with van der Waals surface area (Å²) in [6.07, 6.45) is 1.46. The summed E-state index contributed by atoms with van der Waals surface area (Å²) in [6, 6.07) is 13.1. The van der Waals surface area contributed by atoms with Gasteiger partial charge in [-0.2, -0.15) is 0 Å². The Bertz CT molecular complexity index is 1130. The monoisotopic (exact) mass is 411 g/mol. The minimum Gasteiger partial charge on any atom is -0.385 e. The predicted molar refractivity (Wildman–Crippen MR) is 117 cm³/mol. The zero-order valence-corrected chi connectivity index (χ0v) is 17.5. The SMILES string of the molecule is COCCCn1c(=S)[nH]c2cc(C(=O)NCCc3ccccc3C)ccc2c1=O. The van der Waals surface area contributed by atoms with Gasteiger partial charge in [0.1, 0.15) is 0 Å². The zero-order chi connectivity index (χ0) is 20.8. The molecule has 2 aromatic carbocycles. The number of methoxy groups -OCH3 is 1. The van der Waals surface area contributed by atoms with E-state index < -0.39 is 0 Å². The predicted octanol–water partition coefficient (Wildman–Crippen LogP) is 3.38. The standard InChI is InChI=1S/C22H25N3O3S/c1-15-6-3-4-7-16(15)10-11-23-20(26)17-8-9-18-19(14-17)24-22(29)25(21(18)27)12-5-13-28-2/h3-4,6-9,14H,5,10-13H2,1-2H3,(H,23,26)(H,24,29). The minimum absolute atomic E-state index is 0.161. The molecule has 0 aliphatic rings. The van der Waals surface area contributed by atoms with E-state index in [9.17, 15) is 9.59 Å². The van der Waals surface area contributed by atoms with Gasteiger partial charge in [-0.1, -0.05) is 24.3 Å². The van der Waals surface area contributed by atoms with Crippen molar-refractivity contribution in [1.82, 2.24) is 14.9 Å². The van der Waals surface area contributed by atoms with Crippen molar-refractivity contribution in [2.75, 3.05) is 20.3 Å². The van der Waals surface area contributed by atoms with E-state index >= 15 is 0 Å². The van der Waals surface area contributed by atoms with Crippen molar-refractivity contribution in [2.24, 2.45) is 0 Å². The Morgan fingerprint density at radius 2 is 2.03 bits per heavy atom. The van der Waals surface area contributed by atoms with Gasteiger partial charge in [-0.3, -0.25) is 14.2 Å².